The number of aromatic carboxylic acids is 1. The molecule has 0 bridgehead atoms. The van der Waals surface area contributed by atoms with E-state index in [4.69, 9.17) is 0 Å². The highest BCUT2D eigenvalue weighted by atomic mass is 16.4. The Morgan fingerprint density at radius 3 is 2.45 bits per heavy atom. The molecule has 0 radical (unpaired) electrons. The molecule has 1 N–H and O–H groups in total. The Labute approximate surface area is 129 Å². The fraction of sp³-hybridized carbons (Fsp3) is 0.421. The van der Waals surface area contributed by atoms with Crippen molar-refractivity contribution in [2.75, 3.05) is 18.0 Å². The normalized spacial score (nSPS) is 33.5. The van der Waals surface area contributed by atoms with E-state index in [-0.39, 0.29) is 0 Å². The van der Waals surface area contributed by atoms with Gasteiger partial charge in [0.05, 0.1) is 5.56 Å². The van der Waals surface area contributed by atoms with Gasteiger partial charge in [0, 0.05) is 30.6 Å². The maximum Gasteiger partial charge on any atom is 0.336 e. The van der Waals surface area contributed by atoms with Crippen LogP contribution >= 0.6 is 0 Å². The number of rotatable bonds is 1. The van der Waals surface area contributed by atoms with Gasteiger partial charge in [0.1, 0.15) is 0 Å². The van der Waals surface area contributed by atoms with Gasteiger partial charge in [-0.15, -0.1) is 0 Å². The molecule has 3 nitrogen and oxygen atoms in total. The molecule has 0 saturated heterocycles. The van der Waals surface area contributed by atoms with Crippen molar-refractivity contribution in [3.63, 3.8) is 0 Å². The average Bonchev–Trinajstić information content (AvgIpc) is 3.15. The Morgan fingerprint density at radius 2 is 1.73 bits per heavy atom. The number of carboxylic acid groups (broad SMARTS) is 1. The Hall–Kier alpha value is -2.03. The van der Waals surface area contributed by atoms with Gasteiger partial charge in [0.25, 0.3) is 0 Å². The average molecular weight is 293 g/mol. The number of hydrogen-bond acceptors (Lipinski definition) is 2. The smallest absolute Gasteiger partial charge is 0.336 e. The summed E-state index contributed by atoms with van der Waals surface area (Å²) in [5.41, 5.74) is 4.17. The molecule has 2 aliphatic carbocycles. The van der Waals surface area contributed by atoms with Gasteiger partial charge in [-0.1, -0.05) is 30.4 Å². The third kappa shape index (κ3) is 1.49. The summed E-state index contributed by atoms with van der Waals surface area (Å²) in [6.07, 6.45) is 11.3. The molecule has 2 heterocycles. The Kier molecular flexibility index (Phi) is 2.42. The van der Waals surface area contributed by atoms with Crippen LogP contribution in [0.15, 0.2) is 36.4 Å². The summed E-state index contributed by atoms with van der Waals surface area (Å²) in [6.45, 7) is 2.15. The van der Waals surface area contributed by atoms with E-state index < -0.39 is 5.97 Å². The zero-order chi connectivity index (χ0) is 14.8. The molecule has 0 aromatic heterocycles. The quantitative estimate of drug-likeness (QED) is 0.805. The zero-order valence-electron chi connectivity index (χ0n) is 12.4. The van der Waals surface area contributed by atoms with E-state index in [0.29, 0.717) is 29.2 Å². The van der Waals surface area contributed by atoms with Crippen LogP contribution in [0.3, 0.4) is 0 Å². The zero-order valence-corrected chi connectivity index (χ0v) is 12.4. The number of carboxylic acids is 1. The lowest BCUT2D eigenvalue weighted by atomic mass is 9.74. The number of hydrogen-bond donors (Lipinski definition) is 1. The van der Waals surface area contributed by atoms with Gasteiger partial charge in [-0.2, -0.15) is 0 Å². The second kappa shape index (κ2) is 4.25. The summed E-state index contributed by atoms with van der Waals surface area (Å²) in [6, 6.07) is 3.92. The van der Waals surface area contributed by atoms with Crippen molar-refractivity contribution in [3.05, 3.63) is 53.1 Å². The second-order valence-corrected chi connectivity index (χ2v) is 7.07. The summed E-state index contributed by atoms with van der Waals surface area (Å²) in [7, 11) is 0. The molecular formula is C19H19NO2. The first-order valence-electron chi connectivity index (χ1n) is 8.22. The molecule has 1 aromatic rings. The monoisotopic (exact) mass is 293 g/mol. The summed E-state index contributed by atoms with van der Waals surface area (Å²) in [4.78, 5) is 14.2. The molecule has 0 amide bonds. The highest BCUT2D eigenvalue weighted by Gasteiger charge is 2.43. The van der Waals surface area contributed by atoms with Crippen molar-refractivity contribution >= 4 is 11.7 Å². The number of anilines is 1. The molecule has 4 unspecified atom stereocenters. The standard InChI is InChI=1S/C19H19NO2/c21-19(22)16-8-7-15-13-5-1-3-11(13)9-20-10-12-4-2-6-14(12)17(16)18(15)20/h1-2,5-8,11-14H,3-4,9-10H2,(H,21,22). The van der Waals surface area contributed by atoms with E-state index in [1.807, 2.05) is 6.07 Å². The number of carbonyl (C=O) groups is 1. The van der Waals surface area contributed by atoms with E-state index in [1.165, 1.54) is 11.3 Å². The Bertz CT molecular complexity index is 731. The molecule has 0 spiro atoms. The van der Waals surface area contributed by atoms with Crippen LogP contribution in [0.1, 0.15) is 46.2 Å². The Balaban J connectivity index is 1.78. The highest BCUT2D eigenvalue weighted by molar-refractivity contribution is 5.93. The molecule has 22 heavy (non-hydrogen) atoms. The van der Waals surface area contributed by atoms with Crippen molar-refractivity contribution in [1.82, 2.24) is 0 Å². The van der Waals surface area contributed by atoms with E-state index in [1.54, 1.807) is 0 Å². The first-order valence-corrected chi connectivity index (χ1v) is 8.22. The van der Waals surface area contributed by atoms with Crippen LogP contribution in [0, 0.1) is 11.8 Å². The van der Waals surface area contributed by atoms with E-state index in [2.05, 4.69) is 35.3 Å². The minimum absolute atomic E-state index is 0.291. The maximum atomic E-state index is 11.8. The largest absolute Gasteiger partial charge is 0.478 e. The van der Waals surface area contributed by atoms with E-state index >= 15 is 0 Å². The van der Waals surface area contributed by atoms with Crippen LogP contribution in [-0.2, 0) is 0 Å². The minimum Gasteiger partial charge on any atom is -0.478 e. The molecule has 112 valence electrons. The highest BCUT2D eigenvalue weighted by Crippen LogP contribution is 2.53. The molecule has 0 fully saturated rings. The Morgan fingerprint density at radius 1 is 1.05 bits per heavy atom. The lowest BCUT2D eigenvalue weighted by molar-refractivity contribution is 0.0695. The van der Waals surface area contributed by atoms with Gasteiger partial charge in [-0.3, -0.25) is 0 Å². The first kappa shape index (κ1) is 12.5. The number of allylic oxidation sites excluding steroid dienone is 4. The number of fused-ring (bicyclic) bond motifs is 4. The van der Waals surface area contributed by atoms with E-state index in [9.17, 15) is 9.90 Å². The summed E-state index contributed by atoms with van der Waals surface area (Å²) >= 11 is 0. The topological polar surface area (TPSA) is 40.5 Å². The van der Waals surface area contributed by atoms with Crippen LogP contribution in [0.5, 0.6) is 0 Å². The van der Waals surface area contributed by atoms with E-state index in [0.717, 1.165) is 31.5 Å². The summed E-state index contributed by atoms with van der Waals surface area (Å²) < 4.78 is 0. The van der Waals surface area contributed by atoms with Crippen molar-refractivity contribution in [2.24, 2.45) is 11.8 Å². The third-order valence-corrected chi connectivity index (χ3v) is 5.98. The predicted molar refractivity (Wildman–Crippen MR) is 85.6 cm³/mol. The third-order valence-electron chi connectivity index (χ3n) is 5.98. The van der Waals surface area contributed by atoms with Crippen LogP contribution < -0.4 is 4.90 Å². The summed E-state index contributed by atoms with van der Waals surface area (Å²) in [5.74, 6) is 1.20. The SMILES string of the molecule is O=C(O)c1ccc2c3c1C1C=CCC1CN3CC1CC=CC21. The van der Waals surface area contributed by atoms with Crippen LogP contribution in [0.4, 0.5) is 5.69 Å². The maximum absolute atomic E-state index is 11.8. The fourth-order valence-electron chi connectivity index (χ4n) is 5.07. The lowest BCUT2D eigenvalue weighted by Crippen LogP contribution is -2.44. The fourth-order valence-corrected chi connectivity index (χ4v) is 5.07. The molecule has 4 atom stereocenters. The molecule has 2 aliphatic heterocycles. The van der Waals surface area contributed by atoms with Gasteiger partial charge < -0.3 is 10.0 Å². The molecule has 3 heteroatoms. The van der Waals surface area contributed by atoms with Crippen molar-refractivity contribution in [3.8, 4) is 0 Å². The lowest BCUT2D eigenvalue weighted by Gasteiger charge is -2.46. The molecular weight excluding hydrogens is 274 g/mol. The predicted octanol–water partition coefficient (Wildman–Crippen LogP) is 3.54. The van der Waals surface area contributed by atoms with Crippen molar-refractivity contribution in [2.45, 2.75) is 24.7 Å². The van der Waals surface area contributed by atoms with Crippen molar-refractivity contribution in [1.29, 1.82) is 0 Å². The van der Waals surface area contributed by atoms with Crippen molar-refractivity contribution < 1.29 is 9.90 Å². The molecule has 1 aromatic carbocycles. The van der Waals surface area contributed by atoms with Crippen LogP contribution in [0.25, 0.3) is 0 Å². The number of nitrogens with zero attached hydrogens (tertiary/aromatic N) is 1. The molecule has 0 saturated carbocycles. The van der Waals surface area contributed by atoms with Gasteiger partial charge >= 0.3 is 5.97 Å². The van der Waals surface area contributed by atoms with Gasteiger partial charge in [0.2, 0.25) is 0 Å². The minimum atomic E-state index is -0.789. The number of benzene rings is 1. The second-order valence-electron chi connectivity index (χ2n) is 7.07. The molecule has 4 aliphatic rings. The first-order chi connectivity index (χ1) is 10.7. The van der Waals surface area contributed by atoms with Gasteiger partial charge in [-0.25, -0.2) is 4.79 Å². The molecule has 5 rings (SSSR count). The van der Waals surface area contributed by atoms with Crippen LogP contribution in [0.2, 0.25) is 0 Å². The van der Waals surface area contributed by atoms with Gasteiger partial charge in [0.15, 0.2) is 0 Å². The van der Waals surface area contributed by atoms with Crippen LogP contribution in [-0.4, -0.2) is 24.2 Å². The van der Waals surface area contributed by atoms with Gasteiger partial charge in [-0.05, 0) is 41.9 Å². The summed E-state index contributed by atoms with van der Waals surface area (Å²) in [5, 5.41) is 9.66.